The van der Waals surface area contributed by atoms with Gasteiger partial charge in [-0.2, -0.15) is 0 Å². The van der Waals surface area contributed by atoms with Crippen molar-refractivity contribution in [3.63, 3.8) is 0 Å². The van der Waals surface area contributed by atoms with Gasteiger partial charge in [0.2, 0.25) is 11.8 Å². The van der Waals surface area contributed by atoms with Crippen molar-refractivity contribution < 1.29 is 24.3 Å². The largest absolute Gasteiger partial charge is 0.477 e. The summed E-state index contributed by atoms with van der Waals surface area (Å²) in [5.41, 5.74) is 0.0858. The molecule has 0 spiro atoms. The Bertz CT molecular complexity index is 853. The third-order valence-corrected chi connectivity index (χ3v) is 8.93. The number of carboxylic acid groups (broad SMARTS) is 1. The van der Waals surface area contributed by atoms with Crippen LogP contribution in [0.2, 0.25) is 0 Å². The molecule has 9 heteroatoms. The maximum atomic E-state index is 12.9. The first-order valence-electron chi connectivity index (χ1n) is 11.7. The summed E-state index contributed by atoms with van der Waals surface area (Å²) >= 11 is 1.50. The van der Waals surface area contributed by atoms with Crippen LogP contribution in [-0.2, 0) is 19.2 Å². The van der Waals surface area contributed by atoms with Gasteiger partial charge in [0.05, 0.1) is 18.0 Å². The Morgan fingerprint density at radius 3 is 2.59 bits per heavy atom. The SMILES string of the molecule is CC(=O)C[C@H](C)[C@H]1C(=O)N2C(C(=O)O)=C(S[C@@H]3CN[C@H](C(=O)NC4CCCC4)C3)[C@H](C)[C@H]12. The van der Waals surface area contributed by atoms with Crippen LogP contribution < -0.4 is 10.6 Å². The molecule has 0 aromatic rings. The van der Waals surface area contributed by atoms with E-state index in [9.17, 15) is 24.3 Å². The van der Waals surface area contributed by atoms with Crippen molar-refractivity contribution in [1.82, 2.24) is 15.5 Å². The maximum absolute atomic E-state index is 12.9. The van der Waals surface area contributed by atoms with Gasteiger partial charge in [0.25, 0.3) is 0 Å². The van der Waals surface area contributed by atoms with Crippen LogP contribution in [0.1, 0.15) is 59.3 Å². The molecule has 0 aromatic heterocycles. The lowest BCUT2D eigenvalue weighted by Gasteiger charge is -2.47. The molecule has 176 valence electrons. The minimum Gasteiger partial charge on any atom is -0.477 e. The zero-order valence-corrected chi connectivity index (χ0v) is 19.7. The van der Waals surface area contributed by atoms with E-state index >= 15 is 0 Å². The van der Waals surface area contributed by atoms with Crippen LogP contribution >= 0.6 is 11.8 Å². The second-order valence-corrected chi connectivity index (χ2v) is 11.2. The first-order chi connectivity index (χ1) is 15.2. The van der Waals surface area contributed by atoms with Crippen LogP contribution in [0.15, 0.2) is 10.6 Å². The zero-order chi connectivity index (χ0) is 23.2. The van der Waals surface area contributed by atoms with Crippen molar-refractivity contribution in [2.75, 3.05) is 6.54 Å². The first-order valence-corrected chi connectivity index (χ1v) is 12.6. The van der Waals surface area contributed by atoms with Crippen molar-refractivity contribution in [1.29, 1.82) is 0 Å². The van der Waals surface area contributed by atoms with Crippen molar-refractivity contribution in [3.8, 4) is 0 Å². The fraction of sp³-hybridized carbons (Fsp3) is 0.739. The monoisotopic (exact) mass is 463 g/mol. The lowest BCUT2D eigenvalue weighted by Crippen LogP contribution is -2.62. The molecule has 3 fully saturated rings. The van der Waals surface area contributed by atoms with Gasteiger partial charge in [0, 0.05) is 35.1 Å². The van der Waals surface area contributed by atoms with Crippen LogP contribution in [0, 0.1) is 17.8 Å². The molecule has 32 heavy (non-hydrogen) atoms. The van der Waals surface area contributed by atoms with Crippen LogP contribution in [0.5, 0.6) is 0 Å². The molecule has 0 bridgehead atoms. The highest BCUT2D eigenvalue weighted by atomic mass is 32.2. The number of fused-ring (bicyclic) bond motifs is 1. The van der Waals surface area contributed by atoms with Gasteiger partial charge in [0.1, 0.15) is 11.5 Å². The fourth-order valence-electron chi connectivity index (χ4n) is 5.89. The number of hydrogen-bond donors (Lipinski definition) is 3. The molecule has 6 atom stereocenters. The second-order valence-electron chi connectivity index (χ2n) is 9.84. The third kappa shape index (κ3) is 4.21. The molecule has 2 saturated heterocycles. The number of thioether (sulfide) groups is 1. The zero-order valence-electron chi connectivity index (χ0n) is 18.9. The lowest BCUT2D eigenvalue weighted by atomic mass is 9.73. The summed E-state index contributed by atoms with van der Waals surface area (Å²) in [5, 5.41) is 16.4. The topological polar surface area (TPSA) is 116 Å². The molecule has 4 aliphatic rings. The van der Waals surface area contributed by atoms with E-state index in [1.807, 2.05) is 13.8 Å². The Hall–Kier alpha value is -1.87. The summed E-state index contributed by atoms with van der Waals surface area (Å²) in [5.74, 6) is -1.75. The van der Waals surface area contributed by atoms with Gasteiger partial charge in [-0.3, -0.25) is 9.59 Å². The average Bonchev–Trinajstić information content (AvgIpc) is 3.42. The molecule has 0 radical (unpaired) electrons. The lowest BCUT2D eigenvalue weighted by molar-refractivity contribution is -0.160. The van der Waals surface area contributed by atoms with Crippen LogP contribution in [-0.4, -0.2) is 63.5 Å². The van der Waals surface area contributed by atoms with Crippen molar-refractivity contribution in [2.45, 2.75) is 82.7 Å². The number of β-lactam (4-membered cyclic amide) rings is 1. The molecule has 2 amide bonds. The molecule has 3 aliphatic heterocycles. The molecular formula is C23H33N3O5S. The third-order valence-electron chi connectivity index (χ3n) is 7.42. The van der Waals surface area contributed by atoms with Gasteiger partial charge in [0.15, 0.2) is 0 Å². The van der Waals surface area contributed by atoms with E-state index in [-0.39, 0.29) is 64.4 Å². The number of ketones is 1. The number of carboxylic acids is 1. The van der Waals surface area contributed by atoms with Crippen LogP contribution in [0.4, 0.5) is 0 Å². The molecule has 1 aliphatic carbocycles. The molecule has 4 rings (SSSR count). The minimum absolute atomic E-state index is 0.0315. The normalized spacial score (nSPS) is 33.3. The van der Waals surface area contributed by atoms with Crippen molar-refractivity contribution in [2.24, 2.45) is 17.8 Å². The Balaban J connectivity index is 1.43. The number of Topliss-reactive ketones (excluding diaryl/α,β-unsaturated/α-hetero) is 1. The fourth-order valence-corrected chi connectivity index (χ4v) is 7.37. The van der Waals surface area contributed by atoms with E-state index in [2.05, 4.69) is 10.6 Å². The van der Waals surface area contributed by atoms with E-state index in [0.29, 0.717) is 19.4 Å². The average molecular weight is 464 g/mol. The Kier molecular flexibility index (Phi) is 6.68. The number of nitrogens with zero attached hydrogens (tertiary/aromatic N) is 1. The number of amides is 2. The standard InChI is InChI=1S/C23H33N3O5S/c1-11(8-12(2)27)17-18-13(3)20(19(23(30)31)26(18)22(17)29)32-15-9-16(24-10-15)21(28)25-14-6-4-5-7-14/h11,13-18,24H,4-10H2,1-3H3,(H,25,28)(H,30,31)/t11-,13+,15-,16-,17+,18+/m0/s1. The molecule has 0 unspecified atom stereocenters. The second kappa shape index (κ2) is 9.17. The van der Waals surface area contributed by atoms with Gasteiger partial charge >= 0.3 is 5.97 Å². The van der Waals surface area contributed by atoms with Gasteiger partial charge in [-0.15, -0.1) is 11.8 Å². The maximum Gasteiger partial charge on any atom is 0.353 e. The highest BCUT2D eigenvalue weighted by molar-refractivity contribution is 8.03. The minimum atomic E-state index is -1.09. The first kappa shape index (κ1) is 23.3. The summed E-state index contributed by atoms with van der Waals surface area (Å²) in [6, 6.07) is -0.197. The molecule has 8 nitrogen and oxygen atoms in total. The molecular weight excluding hydrogens is 430 g/mol. The number of carbonyl (C=O) groups excluding carboxylic acids is 3. The van der Waals surface area contributed by atoms with E-state index in [0.717, 1.165) is 30.6 Å². The Morgan fingerprint density at radius 2 is 1.97 bits per heavy atom. The van der Waals surface area contributed by atoms with E-state index in [1.165, 1.54) is 23.6 Å². The summed E-state index contributed by atoms with van der Waals surface area (Å²) in [4.78, 5) is 51.3. The summed E-state index contributed by atoms with van der Waals surface area (Å²) in [6.07, 6.45) is 5.36. The van der Waals surface area contributed by atoms with Gasteiger partial charge < -0.3 is 25.4 Å². The Labute approximate surface area is 192 Å². The van der Waals surface area contributed by atoms with Gasteiger partial charge in [-0.05, 0) is 32.1 Å². The number of carbonyl (C=O) groups is 4. The van der Waals surface area contributed by atoms with E-state index < -0.39 is 5.97 Å². The summed E-state index contributed by atoms with van der Waals surface area (Å²) in [6.45, 7) is 6.01. The summed E-state index contributed by atoms with van der Waals surface area (Å²) in [7, 11) is 0. The predicted octanol–water partition coefficient (Wildman–Crippen LogP) is 1.90. The van der Waals surface area contributed by atoms with Gasteiger partial charge in [-0.1, -0.05) is 26.7 Å². The predicted molar refractivity (Wildman–Crippen MR) is 121 cm³/mol. The van der Waals surface area contributed by atoms with Crippen molar-refractivity contribution >= 4 is 35.3 Å². The smallest absolute Gasteiger partial charge is 0.353 e. The van der Waals surface area contributed by atoms with Crippen LogP contribution in [0.25, 0.3) is 0 Å². The van der Waals surface area contributed by atoms with Crippen molar-refractivity contribution in [3.05, 3.63) is 10.6 Å². The molecule has 3 N–H and O–H groups in total. The number of nitrogens with one attached hydrogen (secondary N) is 2. The number of aliphatic carboxylic acids is 1. The molecule has 3 heterocycles. The van der Waals surface area contributed by atoms with Crippen LogP contribution in [0.3, 0.4) is 0 Å². The molecule has 0 aromatic carbocycles. The molecule has 1 saturated carbocycles. The highest BCUT2D eigenvalue weighted by Gasteiger charge is 2.60. The number of rotatable bonds is 8. The van der Waals surface area contributed by atoms with Gasteiger partial charge in [-0.25, -0.2) is 4.79 Å². The number of hydrogen-bond acceptors (Lipinski definition) is 6. The van der Waals surface area contributed by atoms with E-state index in [4.69, 9.17) is 0 Å². The highest BCUT2D eigenvalue weighted by Crippen LogP contribution is 2.53. The van der Waals surface area contributed by atoms with E-state index in [1.54, 1.807) is 0 Å². The quantitative estimate of drug-likeness (QED) is 0.471. The summed E-state index contributed by atoms with van der Waals surface area (Å²) < 4.78 is 0. The Morgan fingerprint density at radius 1 is 1.28 bits per heavy atom.